The second kappa shape index (κ2) is 9.84. The minimum absolute atomic E-state index is 0.120. The molecule has 0 aliphatic heterocycles. The van der Waals surface area contributed by atoms with Crippen molar-refractivity contribution in [1.29, 1.82) is 0 Å². The maximum absolute atomic E-state index is 12.6. The number of amides is 1. The van der Waals surface area contributed by atoms with E-state index in [9.17, 15) is 22.8 Å². The van der Waals surface area contributed by atoms with Crippen LogP contribution in [0.5, 0.6) is 0 Å². The van der Waals surface area contributed by atoms with Crippen molar-refractivity contribution in [3.05, 3.63) is 58.7 Å². The number of carbonyl (C=O) groups excluding carboxylic acids is 3. The van der Waals surface area contributed by atoms with Crippen molar-refractivity contribution in [2.24, 2.45) is 0 Å². The lowest BCUT2D eigenvalue weighted by Crippen LogP contribution is -2.34. The first-order chi connectivity index (χ1) is 14.4. The molecule has 8 nitrogen and oxygen atoms in total. The zero-order valence-corrected chi connectivity index (χ0v) is 18.9. The number of rotatable bonds is 8. The van der Waals surface area contributed by atoms with Gasteiger partial charge in [0.05, 0.1) is 4.90 Å². The van der Waals surface area contributed by atoms with Gasteiger partial charge in [-0.3, -0.25) is 14.4 Å². The fraction of sp³-hybridized carbons (Fsp3) is 0.318. The summed E-state index contributed by atoms with van der Waals surface area (Å²) < 4.78 is 32.6. The number of hydrogen-bond acceptors (Lipinski definition) is 6. The molecule has 0 saturated heterocycles. The quantitative estimate of drug-likeness (QED) is 0.475. The van der Waals surface area contributed by atoms with Crippen LogP contribution in [0.2, 0.25) is 0 Å². The monoisotopic (exact) mass is 446 g/mol. The Morgan fingerprint density at radius 3 is 2.06 bits per heavy atom. The fourth-order valence-electron chi connectivity index (χ4n) is 3.26. The van der Waals surface area contributed by atoms with Gasteiger partial charge in [0, 0.05) is 18.2 Å². The summed E-state index contributed by atoms with van der Waals surface area (Å²) in [6.45, 7) is 7.41. The van der Waals surface area contributed by atoms with Crippen LogP contribution in [-0.4, -0.2) is 38.7 Å². The van der Waals surface area contributed by atoms with Crippen LogP contribution in [0.15, 0.2) is 41.3 Å². The predicted molar refractivity (Wildman–Crippen MR) is 116 cm³/mol. The summed E-state index contributed by atoms with van der Waals surface area (Å²) in [4.78, 5) is 35.7. The molecule has 0 saturated carbocycles. The van der Waals surface area contributed by atoms with Crippen LogP contribution in [0.25, 0.3) is 0 Å². The molecule has 2 aromatic carbocycles. The lowest BCUT2D eigenvalue weighted by atomic mass is 10.1. The van der Waals surface area contributed by atoms with E-state index >= 15 is 0 Å². The van der Waals surface area contributed by atoms with E-state index in [1.54, 1.807) is 38.1 Å². The third-order valence-electron chi connectivity index (χ3n) is 4.45. The number of nitrogens with one attached hydrogen (secondary N) is 2. The highest BCUT2D eigenvalue weighted by Crippen LogP contribution is 2.21. The zero-order chi connectivity index (χ0) is 23.3. The Morgan fingerprint density at radius 2 is 1.55 bits per heavy atom. The molecule has 9 heteroatoms. The first-order valence-corrected chi connectivity index (χ1v) is 11.1. The first-order valence-electron chi connectivity index (χ1n) is 9.59. The fourth-order valence-corrected chi connectivity index (χ4v) is 4.68. The lowest BCUT2D eigenvalue weighted by molar-refractivity contribution is -0.144. The summed E-state index contributed by atoms with van der Waals surface area (Å²) in [6.07, 6.45) is -1.11. The Morgan fingerprint density at radius 1 is 1.00 bits per heavy atom. The highest BCUT2D eigenvalue weighted by molar-refractivity contribution is 7.89. The van der Waals surface area contributed by atoms with Crippen molar-refractivity contribution in [2.45, 2.75) is 45.6 Å². The molecule has 0 spiro atoms. The molecule has 0 aromatic heterocycles. The van der Waals surface area contributed by atoms with Gasteiger partial charge in [-0.2, -0.15) is 4.72 Å². The third-order valence-corrected chi connectivity index (χ3v) is 6.15. The smallest absolute Gasteiger partial charge is 0.321 e. The van der Waals surface area contributed by atoms with Crippen LogP contribution < -0.4 is 10.0 Å². The van der Waals surface area contributed by atoms with E-state index in [2.05, 4.69) is 10.0 Å². The molecule has 0 aliphatic carbocycles. The molecule has 31 heavy (non-hydrogen) atoms. The summed E-state index contributed by atoms with van der Waals surface area (Å²) in [5.74, 6) is -1.56. The number of ether oxygens (including phenoxy) is 1. The normalized spacial score (nSPS) is 12.2. The van der Waals surface area contributed by atoms with Crippen molar-refractivity contribution in [1.82, 2.24) is 4.72 Å². The van der Waals surface area contributed by atoms with E-state index in [-0.39, 0.29) is 10.8 Å². The van der Waals surface area contributed by atoms with Gasteiger partial charge in [-0.1, -0.05) is 17.7 Å². The van der Waals surface area contributed by atoms with Gasteiger partial charge in [-0.15, -0.1) is 0 Å². The molecule has 1 unspecified atom stereocenters. The van der Waals surface area contributed by atoms with Crippen LogP contribution in [0.4, 0.5) is 5.69 Å². The summed E-state index contributed by atoms with van der Waals surface area (Å²) >= 11 is 0. The molecule has 166 valence electrons. The number of anilines is 1. The Hall–Kier alpha value is -3.04. The largest absolute Gasteiger partial charge is 0.453 e. The van der Waals surface area contributed by atoms with E-state index in [1.165, 1.54) is 26.0 Å². The summed E-state index contributed by atoms with van der Waals surface area (Å²) in [7, 11) is -3.93. The van der Waals surface area contributed by atoms with Crippen molar-refractivity contribution in [3.8, 4) is 0 Å². The number of hydrogen-bond donors (Lipinski definition) is 2. The molecular weight excluding hydrogens is 420 g/mol. The SMILES string of the molecule is CC(=O)Nc1ccc(C(=O)C(C)OC(=O)CNS(=O)(=O)c2c(C)cc(C)cc2C)cc1. The highest BCUT2D eigenvalue weighted by atomic mass is 32.2. The Kier molecular flexibility index (Phi) is 7.70. The van der Waals surface area contributed by atoms with Gasteiger partial charge in [0.15, 0.2) is 6.10 Å². The average Bonchev–Trinajstić information content (AvgIpc) is 2.65. The second-order valence-electron chi connectivity index (χ2n) is 7.31. The number of carbonyl (C=O) groups is 3. The van der Waals surface area contributed by atoms with E-state index < -0.39 is 34.4 Å². The van der Waals surface area contributed by atoms with Crippen molar-refractivity contribution < 1.29 is 27.5 Å². The van der Waals surface area contributed by atoms with E-state index in [4.69, 9.17) is 4.74 Å². The van der Waals surface area contributed by atoms with Crippen molar-refractivity contribution >= 4 is 33.4 Å². The first kappa shape index (κ1) is 24.2. The minimum Gasteiger partial charge on any atom is -0.453 e. The number of sulfonamides is 1. The van der Waals surface area contributed by atoms with Gasteiger partial charge in [0.2, 0.25) is 21.7 Å². The number of Topliss-reactive ketones (excluding diaryl/α,β-unsaturated/α-hetero) is 1. The Bertz CT molecular complexity index is 1080. The van der Waals surface area contributed by atoms with Gasteiger partial charge in [-0.05, 0) is 63.1 Å². The molecule has 2 N–H and O–H groups in total. The lowest BCUT2D eigenvalue weighted by Gasteiger charge is -2.15. The van der Waals surface area contributed by atoms with E-state index in [0.717, 1.165) is 5.56 Å². The van der Waals surface area contributed by atoms with E-state index in [0.29, 0.717) is 22.4 Å². The standard InChI is InChI=1S/C22H26N2O6S/c1-13-10-14(2)22(15(3)11-13)31(28,29)23-12-20(26)30-16(4)21(27)18-6-8-19(9-7-18)24-17(5)25/h6-11,16,23H,12H2,1-5H3,(H,24,25). The number of ketones is 1. The van der Waals surface area contributed by atoms with Crippen molar-refractivity contribution in [2.75, 3.05) is 11.9 Å². The summed E-state index contributed by atoms with van der Waals surface area (Å²) in [5, 5.41) is 2.59. The zero-order valence-electron chi connectivity index (χ0n) is 18.1. The van der Waals surface area contributed by atoms with Crippen LogP contribution in [-0.2, 0) is 24.3 Å². The number of esters is 1. The Balaban J connectivity index is 1.99. The third kappa shape index (κ3) is 6.47. The molecular formula is C22H26N2O6S. The maximum atomic E-state index is 12.6. The van der Waals surface area contributed by atoms with Crippen LogP contribution in [0, 0.1) is 20.8 Å². The molecule has 0 aliphatic rings. The second-order valence-corrected chi connectivity index (χ2v) is 9.01. The number of aryl methyl sites for hydroxylation is 3. The minimum atomic E-state index is -3.93. The van der Waals surface area contributed by atoms with Gasteiger partial charge in [-0.25, -0.2) is 8.42 Å². The molecule has 0 radical (unpaired) electrons. The topological polar surface area (TPSA) is 119 Å². The molecule has 1 atom stereocenters. The molecule has 0 heterocycles. The van der Waals surface area contributed by atoms with Gasteiger partial charge < -0.3 is 10.1 Å². The molecule has 2 rings (SSSR count). The van der Waals surface area contributed by atoms with E-state index in [1.807, 2.05) is 6.92 Å². The van der Waals surface area contributed by atoms with Crippen LogP contribution in [0.3, 0.4) is 0 Å². The van der Waals surface area contributed by atoms with Gasteiger partial charge in [0.25, 0.3) is 0 Å². The van der Waals surface area contributed by atoms with Gasteiger partial charge >= 0.3 is 5.97 Å². The molecule has 2 aromatic rings. The summed E-state index contributed by atoms with van der Waals surface area (Å²) in [6, 6.07) is 9.62. The van der Waals surface area contributed by atoms with Crippen LogP contribution >= 0.6 is 0 Å². The number of benzene rings is 2. The molecule has 0 bridgehead atoms. The Labute approximate surface area is 182 Å². The molecule has 1 amide bonds. The average molecular weight is 447 g/mol. The predicted octanol–water partition coefficient (Wildman–Crippen LogP) is 2.66. The molecule has 0 fully saturated rings. The highest BCUT2D eigenvalue weighted by Gasteiger charge is 2.23. The maximum Gasteiger partial charge on any atom is 0.321 e. The summed E-state index contributed by atoms with van der Waals surface area (Å²) in [5.41, 5.74) is 2.91. The van der Waals surface area contributed by atoms with Crippen molar-refractivity contribution in [3.63, 3.8) is 0 Å². The van der Waals surface area contributed by atoms with Gasteiger partial charge in [0.1, 0.15) is 6.54 Å². The van der Waals surface area contributed by atoms with Crippen LogP contribution in [0.1, 0.15) is 40.9 Å².